The Kier molecular flexibility index (Phi) is 9.11. The average Bonchev–Trinajstić information content (AvgIpc) is 3.20. The van der Waals surface area contributed by atoms with Gasteiger partial charge in [-0.25, -0.2) is 23.2 Å². The quantitative estimate of drug-likeness (QED) is 0.242. The van der Waals surface area contributed by atoms with E-state index in [2.05, 4.69) is 16.5 Å². The molecule has 0 saturated heterocycles. The second-order valence-corrected chi connectivity index (χ2v) is 10.8. The number of imidazole rings is 1. The first-order valence-electron chi connectivity index (χ1n) is 11.6. The van der Waals surface area contributed by atoms with Crippen molar-refractivity contribution in [2.24, 2.45) is 5.73 Å². The molecule has 36 heavy (non-hydrogen) atoms. The van der Waals surface area contributed by atoms with Gasteiger partial charge in [-0.05, 0) is 38.0 Å². The van der Waals surface area contributed by atoms with Crippen LogP contribution in [0.5, 0.6) is 0 Å². The van der Waals surface area contributed by atoms with Crippen molar-refractivity contribution in [2.75, 3.05) is 12.3 Å². The van der Waals surface area contributed by atoms with Crippen LogP contribution in [0.2, 0.25) is 0 Å². The SMILES string of the molecule is CCCCc1nc2c(N)nc3ccccc3c2n1CCCOC(N)=O.Cc1ccc(S(=O)(=O)Cl)cc1. The number of aromatic nitrogens is 3. The summed E-state index contributed by atoms with van der Waals surface area (Å²) in [7, 11) is 1.54. The number of ether oxygens (including phenoxy) is 1. The highest BCUT2D eigenvalue weighted by atomic mass is 35.7. The van der Waals surface area contributed by atoms with Gasteiger partial charge in [0.25, 0.3) is 9.05 Å². The number of hydrogen-bond donors (Lipinski definition) is 2. The molecule has 0 radical (unpaired) electrons. The van der Waals surface area contributed by atoms with Gasteiger partial charge in [-0.1, -0.05) is 49.2 Å². The molecule has 1 amide bonds. The predicted molar refractivity (Wildman–Crippen MR) is 142 cm³/mol. The van der Waals surface area contributed by atoms with Crippen LogP contribution in [0.3, 0.4) is 0 Å². The van der Waals surface area contributed by atoms with Gasteiger partial charge >= 0.3 is 6.09 Å². The lowest BCUT2D eigenvalue weighted by atomic mass is 10.2. The number of fused-ring (bicyclic) bond motifs is 3. The third-order valence-electron chi connectivity index (χ3n) is 5.52. The van der Waals surface area contributed by atoms with Crippen molar-refractivity contribution in [2.45, 2.75) is 51.0 Å². The van der Waals surface area contributed by atoms with Gasteiger partial charge < -0.3 is 20.8 Å². The van der Waals surface area contributed by atoms with Crippen molar-refractivity contribution in [3.8, 4) is 0 Å². The molecule has 0 saturated carbocycles. The average molecular weight is 532 g/mol. The van der Waals surface area contributed by atoms with E-state index in [9.17, 15) is 13.2 Å². The van der Waals surface area contributed by atoms with Gasteiger partial charge in [0.05, 0.1) is 22.5 Å². The van der Waals surface area contributed by atoms with Crippen LogP contribution in [0.1, 0.15) is 37.6 Å². The summed E-state index contributed by atoms with van der Waals surface area (Å²) in [6, 6.07) is 14.3. The molecule has 2 aromatic carbocycles. The zero-order valence-corrected chi connectivity index (χ0v) is 21.8. The van der Waals surface area contributed by atoms with Crippen molar-refractivity contribution in [3.63, 3.8) is 0 Å². The van der Waals surface area contributed by atoms with Gasteiger partial charge in [-0.15, -0.1) is 0 Å². The minimum atomic E-state index is -3.55. The van der Waals surface area contributed by atoms with Gasteiger partial charge in [0.1, 0.15) is 11.3 Å². The Bertz CT molecular complexity index is 1450. The maximum atomic E-state index is 10.8. The minimum Gasteiger partial charge on any atom is -0.450 e. The smallest absolute Gasteiger partial charge is 0.404 e. The maximum Gasteiger partial charge on any atom is 0.404 e. The fraction of sp³-hybridized carbons (Fsp3) is 0.320. The van der Waals surface area contributed by atoms with E-state index in [1.807, 2.05) is 31.2 Å². The largest absolute Gasteiger partial charge is 0.450 e. The van der Waals surface area contributed by atoms with Crippen LogP contribution in [0.15, 0.2) is 53.4 Å². The van der Waals surface area contributed by atoms with Crippen molar-refractivity contribution >= 4 is 53.6 Å². The Hall–Kier alpha value is -3.37. The lowest BCUT2D eigenvalue weighted by Crippen LogP contribution is -2.15. The van der Waals surface area contributed by atoms with Crippen LogP contribution in [0, 0.1) is 6.92 Å². The van der Waals surface area contributed by atoms with Crippen molar-refractivity contribution in [1.29, 1.82) is 0 Å². The Morgan fingerprint density at radius 3 is 2.42 bits per heavy atom. The number of nitrogen functional groups attached to an aromatic ring is 1. The Morgan fingerprint density at radius 1 is 1.08 bits per heavy atom. The summed E-state index contributed by atoms with van der Waals surface area (Å²) < 4.78 is 28.4. The summed E-state index contributed by atoms with van der Waals surface area (Å²) >= 11 is 0. The molecule has 0 aliphatic heterocycles. The van der Waals surface area contributed by atoms with Gasteiger partial charge in [0.2, 0.25) is 0 Å². The molecule has 4 N–H and O–H groups in total. The van der Waals surface area contributed by atoms with E-state index in [0.717, 1.165) is 52.6 Å². The van der Waals surface area contributed by atoms with E-state index in [4.69, 9.17) is 31.9 Å². The molecule has 11 heteroatoms. The number of carbonyl (C=O) groups excluding carboxylic acids is 1. The van der Waals surface area contributed by atoms with Gasteiger partial charge in [0, 0.05) is 29.0 Å². The summed E-state index contributed by atoms with van der Waals surface area (Å²) in [6.45, 7) is 4.99. The molecule has 4 aromatic rings. The van der Waals surface area contributed by atoms with Crippen LogP contribution in [0.25, 0.3) is 21.9 Å². The third-order valence-corrected chi connectivity index (χ3v) is 6.89. The highest BCUT2D eigenvalue weighted by molar-refractivity contribution is 8.13. The molecular formula is C25H30ClN5O4S. The standard InChI is InChI=1S/C18H23N5O2.C7H7ClO2S/c1-2-3-9-14-22-15-16(23(14)10-6-11-25-18(20)24)12-7-4-5-8-13(12)21-17(15)19;1-6-2-4-7(5-3-6)11(8,9)10/h4-5,7-8H,2-3,6,9-11H2,1H3,(H2,19,21)(H2,20,24);2-5H,1H3. The summed E-state index contributed by atoms with van der Waals surface area (Å²) in [5.41, 5.74) is 14.8. The molecule has 0 aliphatic rings. The Balaban J connectivity index is 0.000000275. The van der Waals surface area contributed by atoms with Crippen LogP contribution in [0.4, 0.5) is 10.6 Å². The predicted octanol–water partition coefficient (Wildman–Crippen LogP) is 4.92. The van der Waals surface area contributed by atoms with Gasteiger partial charge in [-0.2, -0.15) is 0 Å². The van der Waals surface area contributed by atoms with Gasteiger partial charge in [-0.3, -0.25) is 0 Å². The number of hydrogen-bond acceptors (Lipinski definition) is 7. The second kappa shape index (κ2) is 12.0. The van der Waals surface area contributed by atoms with E-state index >= 15 is 0 Å². The topological polar surface area (TPSA) is 143 Å². The molecule has 0 aliphatic carbocycles. The van der Waals surface area contributed by atoms with Crippen molar-refractivity contribution in [1.82, 2.24) is 14.5 Å². The van der Waals surface area contributed by atoms with Crippen LogP contribution in [-0.2, 0) is 26.8 Å². The molecule has 0 atom stereocenters. The molecule has 2 aromatic heterocycles. The molecule has 0 unspecified atom stereocenters. The zero-order chi connectivity index (χ0) is 26.3. The normalized spacial score (nSPS) is 11.3. The number of anilines is 1. The lowest BCUT2D eigenvalue weighted by molar-refractivity contribution is 0.153. The number of halogens is 1. The molecule has 0 fully saturated rings. The molecule has 192 valence electrons. The van der Waals surface area contributed by atoms with Crippen molar-refractivity contribution < 1.29 is 17.9 Å². The number of pyridine rings is 1. The van der Waals surface area contributed by atoms with E-state index in [-0.39, 0.29) is 11.5 Å². The number of amides is 1. The molecule has 4 rings (SSSR count). The van der Waals surface area contributed by atoms with Gasteiger partial charge in [0.15, 0.2) is 5.82 Å². The fourth-order valence-corrected chi connectivity index (χ4v) is 4.54. The minimum absolute atomic E-state index is 0.143. The number of carbonyl (C=O) groups is 1. The van der Waals surface area contributed by atoms with Crippen LogP contribution < -0.4 is 11.5 Å². The zero-order valence-electron chi connectivity index (χ0n) is 20.3. The summed E-state index contributed by atoms with van der Waals surface area (Å²) in [4.78, 5) is 20.1. The van der Waals surface area contributed by atoms with E-state index in [0.29, 0.717) is 18.8 Å². The molecule has 0 spiro atoms. The first kappa shape index (κ1) is 27.2. The number of rotatable bonds is 8. The first-order valence-corrected chi connectivity index (χ1v) is 13.9. The number of aryl methyl sites for hydroxylation is 3. The number of nitrogens with zero attached hydrogens (tertiary/aromatic N) is 3. The first-order chi connectivity index (χ1) is 17.1. The summed E-state index contributed by atoms with van der Waals surface area (Å²) in [5, 5.41) is 1.03. The fourth-order valence-electron chi connectivity index (χ4n) is 3.77. The lowest BCUT2D eigenvalue weighted by Gasteiger charge is -2.11. The molecule has 0 bridgehead atoms. The monoisotopic (exact) mass is 531 g/mol. The van der Waals surface area contributed by atoms with Crippen LogP contribution in [-0.4, -0.2) is 35.7 Å². The number of benzene rings is 2. The second-order valence-electron chi connectivity index (χ2n) is 8.27. The number of primary amides is 1. The number of para-hydroxylation sites is 1. The highest BCUT2D eigenvalue weighted by Gasteiger charge is 2.17. The third kappa shape index (κ3) is 6.86. The van der Waals surface area contributed by atoms with Crippen molar-refractivity contribution in [3.05, 3.63) is 59.9 Å². The Morgan fingerprint density at radius 2 is 1.78 bits per heavy atom. The highest BCUT2D eigenvalue weighted by Crippen LogP contribution is 2.29. The summed E-state index contributed by atoms with van der Waals surface area (Å²) in [6.07, 6.45) is 2.91. The summed E-state index contributed by atoms with van der Waals surface area (Å²) in [5.74, 6) is 1.43. The molecule has 9 nitrogen and oxygen atoms in total. The van der Waals surface area contributed by atoms with E-state index < -0.39 is 15.1 Å². The van der Waals surface area contributed by atoms with E-state index in [1.165, 1.54) is 12.1 Å². The number of unbranched alkanes of at least 4 members (excludes halogenated alkanes) is 1. The molecular weight excluding hydrogens is 502 g/mol. The van der Waals surface area contributed by atoms with Crippen LogP contribution >= 0.6 is 10.7 Å². The number of nitrogens with two attached hydrogens (primary N) is 2. The molecule has 2 heterocycles. The Labute approximate surface area is 214 Å². The van der Waals surface area contributed by atoms with E-state index in [1.54, 1.807) is 12.1 Å². The maximum absolute atomic E-state index is 10.8.